The SMILES string of the molecule is COc1cc(N2CC3(C[C@H](CCOc4cncc(C)n4)CCO3)C2)ncn1. The Morgan fingerprint density at radius 1 is 1.26 bits per heavy atom. The summed E-state index contributed by atoms with van der Waals surface area (Å²) in [6.07, 6.45) is 8.06. The molecule has 4 rings (SSSR count). The van der Waals surface area contributed by atoms with Crippen LogP contribution in [-0.4, -0.2) is 59.0 Å². The molecule has 1 atom stereocenters. The van der Waals surface area contributed by atoms with Gasteiger partial charge in [0.2, 0.25) is 11.8 Å². The fourth-order valence-corrected chi connectivity index (χ4v) is 3.86. The van der Waals surface area contributed by atoms with Crippen molar-refractivity contribution in [1.29, 1.82) is 0 Å². The zero-order chi connectivity index (χ0) is 18.7. The van der Waals surface area contributed by atoms with Crippen LogP contribution < -0.4 is 14.4 Å². The number of hydrogen-bond donors (Lipinski definition) is 0. The van der Waals surface area contributed by atoms with Gasteiger partial charge in [0.05, 0.1) is 38.7 Å². The fraction of sp³-hybridized carbons (Fsp3) is 0.579. The van der Waals surface area contributed by atoms with E-state index in [2.05, 4.69) is 24.8 Å². The van der Waals surface area contributed by atoms with Crippen LogP contribution in [-0.2, 0) is 4.74 Å². The van der Waals surface area contributed by atoms with E-state index in [1.54, 1.807) is 19.5 Å². The summed E-state index contributed by atoms with van der Waals surface area (Å²) in [6.45, 7) is 5.08. The van der Waals surface area contributed by atoms with Crippen LogP contribution in [0.4, 0.5) is 5.82 Å². The normalized spacial score (nSPS) is 21.0. The van der Waals surface area contributed by atoms with Gasteiger partial charge in [-0.15, -0.1) is 0 Å². The molecule has 0 aromatic carbocycles. The Hall–Kier alpha value is -2.48. The lowest BCUT2D eigenvalue weighted by Crippen LogP contribution is -2.65. The number of aryl methyl sites for hydroxylation is 1. The van der Waals surface area contributed by atoms with Crippen LogP contribution in [0.15, 0.2) is 24.8 Å². The van der Waals surface area contributed by atoms with E-state index in [1.165, 1.54) is 6.33 Å². The van der Waals surface area contributed by atoms with Crippen molar-refractivity contribution in [3.05, 3.63) is 30.5 Å². The number of aromatic nitrogens is 4. The van der Waals surface area contributed by atoms with Gasteiger partial charge in [0, 0.05) is 18.9 Å². The van der Waals surface area contributed by atoms with E-state index in [0.717, 1.165) is 50.5 Å². The molecular weight excluding hydrogens is 346 g/mol. The number of nitrogens with zero attached hydrogens (tertiary/aromatic N) is 5. The topological polar surface area (TPSA) is 82.5 Å². The summed E-state index contributed by atoms with van der Waals surface area (Å²) in [5, 5.41) is 0. The van der Waals surface area contributed by atoms with Crippen LogP contribution >= 0.6 is 0 Å². The Morgan fingerprint density at radius 3 is 2.96 bits per heavy atom. The summed E-state index contributed by atoms with van der Waals surface area (Å²) in [7, 11) is 1.61. The van der Waals surface area contributed by atoms with Gasteiger partial charge in [-0.1, -0.05) is 0 Å². The summed E-state index contributed by atoms with van der Waals surface area (Å²) in [5.74, 6) is 2.67. The number of anilines is 1. The van der Waals surface area contributed by atoms with E-state index >= 15 is 0 Å². The Bertz CT molecular complexity index is 781. The van der Waals surface area contributed by atoms with Gasteiger partial charge in [0.25, 0.3) is 0 Å². The van der Waals surface area contributed by atoms with Gasteiger partial charge in [-0.3, -0.25) is 4.98 Å². The molecule has 0 bridgehead atoms. The first-order chi connectivity index (χ1) is 13.2. The highest BCUT2D eigenvalue weighted by atomic mass is 16.5. The van der Waals surface area contributed by atoms with Gasteiger partial charge in [0.1, 0.15) is 17.7 Å². The molecule has 0 aliphatic carbocycles. The minimum absolute atomic E-state index is 0.0652. The van der Waals surface area contributed by atoms with Crippen molar-refractivity contribution in [3.63, 3.8) is 0 Å². The Morgan fingerprint density at radius 2 is 2.15 bits per heavy atom. The Labute approximate surface area is 158 Å². The number of methoxy groups -OCH3 is 1. The third-order valence-corrected chi connectivity index (χ3v) is 5.22. The van der Waals surface area contributed by atoms with Crippen molar-refractivity contribution in [2.75, 3.05) is 38.3 Å². The molecule has 144 valence electrons. The lowest BCUT2D eigenvalue weighted by molar-refractivity contribution is -0.115. The van der Waals surface area contributed by atoms with Gasteiger partial charge in [-0.2, -0.15) is 0 Å². The maximum Gasteiger partial charge on any atom is 0.232 e. The molecule has 0 unspecified atom stereocenters. The van der Waals surface area contributed by atoms with Crippen molar-refractivity contribution >= 4 is 5.82 Å². The van der Waals surface area contributed by atoms with Crippen LogP contribution in [0, 0.1) is 12.8 Å². The maximum atomic E-state index is 6.14. The molecular formula is C19H25N5O3. The predicted octanol–water partition coefficient (Wildman–Crippen LogP) is 2.04. The van der Waals surface area contributed by atoms with Crippen molar-refractivity contribution in [2.45, 2.75) is 31.8 Å². The summed E-state index contributed by atoms with van der Waals surface area (Å²) in [6, 6.07) is 1.86. The Kier molecular flexibility index (Phi) is 5.07. The first-order valence-electron chi connectivity index (χ1n) is 9.32. The monoisotopic (exact) mass is 371 g/mol. The van der Waals surface area contributed by atoms with Gasteiger partial charge in [0.15, 0.2) is 0 Å². The molecule has 2 aliphatic heterocycles. The highest BCUT2D eigenvalue weighted by Crippen LogP contribution is 2.39. The van der Waals surface area contributed by atoms with Crippen LogP contribution in [0.25, 0.3) is 0 Å². The number of hydrogen-bond acceptors (Lipinski definition) is 8. The predicted molar refractivity (Wildman–Crippen MR) is 99.1 cm³/mol. The zero-order valence-electron chi connectivity index (χ0n) is 15.8. The largest absolute Gasteiger partial charge is 0.481 e. The van der Waals surface area contributed by atoms with E-state index in [4.69, 9.17) is 14.2 Å². The van der Waals surface area contributed by atoms with Crippen LogP contribution in [0.2, 0.25) is 0 Å². The van der Waals surface area contributed by atoms with Crippen molar-refractivity contribution < 1.29 is 14.2 Å². The molecule has 0 saturated carbocycles. The second kappa shape index (κ2) is 7.64. The zero-order valence-corrected chi connectivity index (χ0v) is 15.8. The van der Waals surface area contributed by atoms with Gasteiger partial charge < -0.3 is 19.1 Å². The lowest BCUT2D eigenvalue weighted by atomic mass is 9.79. The van der Waals surface area contributed by atoms with Crippen LogP contribution in [0.3, 0.4) is 0 Å². The molecule has 2 aromatic rings. The molecule has 2 fully saturated rings. The molecule has 0 amide bonds. The van der Waals surface area contributed by atoms with E-state index in [9.17, 15) is 0 Å². The van der Waals surface area contributed by atoms with Gasteiger partial charge >= 0.3 is 0 Å². The number of ether oxygens (including phenoxy) is 3. The molecule has 27 heavy (non-hydrogen) atoms. The van der Waals surface area contributed by atoms with Gasteiger partial charge in [-0.25, -0.2) is 15.0 Å². The quantitative estimate of drug-likeness (QED) is 0.763. The van der Waals surface area contributed by atoms with Crippen molar-refractivity contribution in [3.8, 4) is 11.8 Å². The molecule has 8 heteroatoms. The van der Waals surface area contributed by atoms with E-state index in [-0.39, 0.29) is 5.60 Å². The highest BCUT2D eigenvalue weighted by molar-refractivity contribution is 5.45. The molecule has 0 radical (unpaired) electrons. The summed E-state index contributed by atoms with van der Waals surface area (Å²) < 4.78 is 17.1. The Balaban J connectivity index is 1.27. The van der Waals surface area contributed by atoms with Crippen molar-refractivity contribution in [1.82, 2.24) is 19.9 Å². The summed E-state index contributed by atoms with van der Waals surface area (Å²) in [5.41, 5.74) is 0.804. The number of rotatable bonds is 6. The average Bonchev–Trinajstić information content (AvgIpc) is 2.66. The summed E-state index contributed by atoms with van der Waals surface area (Å²) >= 11 is 0. The highest BCUT2D eigenvalue weighted by Gasteiger charge is 2.48. The van der Waals surface area contributed by atoms with Crippen LogP contribution in [0.5, 0.6) is 11.8 Å². The minimum Gasteiger partial charge on any atom is -0.481 e. The minimum atomic E-state index is -0.0652. The molecule has 2 saturated heterocycles. The standard InChI is InChI=1S/C19H25N5O3/c1-14-9-20-10-18(23-14)26-5-3-15-4-6-27-19(8-15)11-24(12-19)16-7-17(25-2)22-13-21-16/h7,9-10,13,15H,3-6,8,11-12H2,1-2H3/t15-/m1/s1. The first-order valence-corrected chi connectivity index (χ1v) is 9.32. The smallest absolute Gasteiger partial charge is 0.232 e. The van der Waals surface area contributed by atoms with E-state index in [1.807, 2.05) is 13.0 Å². The molecule has 8 nitrogen and oxygen atoms in total. The van der Waals surface area contributed by atoms with Crippen LogP contribution in [0.1, 0.15) is 25.0 Å². The molecule has 0 N–H and O–H groups in total. The second-order valence-electron chi connectivity index (χ2n) is 7.30. The molecule has 1 spiro atoms. The second-order valence-corrected chi connectivity index (χ2v) is 7.30. The third kappa shape index (κ3) is 4.10. The van der Waals surface area contributed by atoms with Gasteiger partial charge in [-0.05, 0) is 32.1 Å². The summed E-state index contributed by atoms with van der Waals surface area (Å²) in [4.78, 5) is 19.1. The molecule has 2 aliphatic rings. The van der Waals surface area contributed by atoms with Crippen molar-refractivity contribution in [2.24, 2.45) is 5.92 Å². The maximum absolute atomic E-state index is 6.14. The molecule has 4 heterocycles. The first kappa shape index (κ1) is 17.9. The third-order valence-electron chi connectivity index (χ3n) is 5.22. The molecule has 2 aromatic heterocycles. The average molecular weight is 371 g/mol. The van der Waals surface area contributed by atoms with E-state index < -0.39 is 0 Å². The lowest BCUT2D eigenvalue weighted by Gasteiger charge is -2.53. The van der Waals surface area contributed by atoms with E-state index in [0.29, 0.717) is 24.3 Å². The fourth-order valence-electron chi connectivity index (χ4n) is 3.86.